The van der Waals surface area contributed by atoms with Crippen molar-refractivity contribution in [3.8, 4) is 0 Å². The van der Waals surface area contributed by atoms with E-state index in [1.165, 1.54) is 0 Å². The number of sulfonamides is 1. The molecule has 9 nitrogen and oxygen atoms in total. The molecule has 1 amide bonds. The largest absolute Gasteiger partial charge is 0.379 e. The quantitative estimate of drug-likeness (QED) is 0.528. The molecule has 1 aromatic heterocycles. The average molecular weight is 235 g/mol. The van der Waals surface area contributed by atoms with Crippen LogP contribution >= 0.6 is 0 Å². The zero-order valence-electron chi connectivity index (χ0n) is 7.50. The summed E-state index contributed by atoms with van der Waals surface area (Å²) >= 11 is 0. The average Bonchev–Trinajstić information content (AvgIpc) is 2.48. The third-order valence-electron chi connectivity index (χ3n) is 1.40. The summed E-state index contributed by atoms with van der Waals surface area (Å²) in [7, 11) is -3.60. The van der Waals surface area contributed by atoms with Gasteiger partial charge in [-0.1, -0.05) is 0 Å². The number of nitrogens with zero attached hydrogens (tertiary/aromatic N) is 2. The predicted octanol–water partition coefficient (Wildman–Crippen LogP) is -2.33. The summed E-state index contributed by atoms with van der Waals surface area (Å²) in [5.41, 5.74) is 5.04. The Labute approximate surface area is 84.8 Å². The molecule has 0 saturated carbocycles. The third-order valence-corrected chi connectivity index (χ3v) is 2.17. The van der Waals surface area contributed by atoms with Gasteiger partial charge in [0.05, 0.1) is 5.75 Å². The smallest absolute Gasteiger partial charge is 0.277 e. The number of nitrogen functional groups attached to an aromatic ring is 1. The Hall–Kier alpha value is -1.68. The molecule has 0 spiro atoms. The Morgan fingerprint density at radius 1 is 1.47 bits per heavy atom. The topological polar surface area (TPSA) is 154 Å². The van der Waals surface area contributed by atoms with Crippen molar-refractivity contribution in [1.82, 2.24) is 15.6 Å². The van der Waals surface area contributed by atoms with Crippen LogP contribution in [0.25, 0.3) is 0 Å². The number of primary sulfonamides is 1. The lowest BCUT2D eigenvalue weighted by Gasteiger charge is -2.00. The summed E-state index contributed by atoms with van der Waals surface area (Å²) in [5, 5.41) is 13.4. The first kappa shape index (κ1) is 11.4. The van der Waals surface area contributed by atoms with Gasteiger partial charge >= 0.3 is 0 Å². The maximum absolute atomic E-state index is 11.2. The molecular formula is C5H9N5O4S. The van der Waals surface area contributed by atoms with Crippen LogP contribution in [0.15, 0.2) is 4.63 Å². The Bertz CT molecular complexity index is 452. The molecule has 5 N–H and O–H groups in total. The first-order valence-corrected chi connectivity index (χ1v) is 5.48. The number of hydrogen-bond donors (Lipinski definition) is 3. The standard InChI is InChI=1S/C5H9N5O4S/c6-4-3(9-14-10-4)5(11)8-1-2-15(7,12)13/h1-2H2,(H2,6,10)(H,8,11)(H2,7,12,13). The van der Waals surface area contributed by atoms with Gasteiger partial charge in [0.2, 0.25) is 21.5 Å². The highest BCUT2D eigenvalue weighted by Crippen LogP contribution is 2.02. The predicted molar refractivity (Wildman–Crippen MR) is 49.0 cm³/mol. The lowest BCUT2D eigenvalue weighted by atomic mass is 10.4. The summed E-state index contributed by atoms with van der Waals surface area (Å²) < 4.78 is 25.2. The van der Waals surface area contributed by atoms with Gasteiger partial charge in [-0.05, 0) is 10.3 Å². The molecule has 0 aliphatic rings. The molecule has 0 radical (unpaired) electrons. The lowest BCUT2D eigenvalue weighted by molar-refractivity contribution is 0.0947. The van der Waals surface area contributed by atoms with Crippen LogP contribution in [0.1, 0.15) is 10.5 Å². The van der Waals surface area contributed by atoms with E-state index in [2.05, 4.69) is 20.3 Å². The van der Waals surface area contributed by atoms with E-state index in [-0.39, 0.29) is 23.8 Å². The second-order valence-corrected chi connectivity index (χ2v) is 4.35. The molecule has 0 aromatic carbocycles. The third kappa shape index (κ3) is 3.52. The Morgan fingerprint density at radius 3 is 2.60 bits per heavy atom. The molecule has 1 heterocycles. The van der Waals surface area contributed by atoms with Gasteiger partial charge in [0.1, 0.15) is 0 Å². The molecule has 0 aliphatic carbocycles. The second-order valence-electron chi connectivity index (χ2n) is 2.62. The monoisotopic (exact) mass is 235 g/mol. The van der Waals surface area contributed by atoms with E-state index in [1.807, 2.05) is 0 Å². The second kappa shape index (κ2) is 4.23. The number of hydrogen-bond acceptors (Lipinski definition) is 7. The first-order valence-electron chi connectivity index (χ1n) is 3.77. The molecular weight excluding hydrogens is 226 g/mol. The zero-order valence-corrected chi connectivity index (χ0v) is 8.32. The summed E-state index contributed by atoms with van der Waals surface area (Å²) in [6, 6.07) is 0. The number of aromatic nitrogens is 2. The minimum Gasteiger partial charge on any atom is -0.379 e. The molecule has 1 rings (SSSR count). The number of anilines is 1. The minimum atomic E-state index is -3.60. The van der Waals surface area contributed by atoms with Crippen LogP contribution in [0.4, 0.5) is 5.82 Å². The van der Waals surface area contributed by atoms with E-state index in [0.717, 1.165) is 0 Å². The van der Waals surface area contributed by atoms with Gasteiger partial charge in [0.15, 0.2) is 0 Å². The zero-order chi connectivity index (χ0) is 11.5. The molecule has 84 valence electrons. The molecule has 15 heavy (non-hydrogen) atoms. The van der Waals surface area contributed by atoms with E-state index in [4.69, 9.17) is 10.9 Å². The molecule has 1 aromatic rings. The highest BCUT2D eigenvalue weighted by molar-refractivity contribution is 7.89. The Balaban J connectivity index is 2.48. The van der Waals surface area contributed by atoms with Crippen molar-refractivity contribution in [3.63, 3.8) is 0 Å². The van der Waals surface area contributed by atoms with Crippen molar-refractivity contribution in [2.75, 3.05) is 18.0 Å². The van der Waals surface area contributed by atoms with Gasteiger partial charge in [0.25, 0.3) is 5.91 Å². The molecule has 0 aliphatic heterocycles. The number of nitrogens with one attached hydrogen (secondary N) is 1. The van der Waals surface area contributed by atoms with Crippen LogP contribution in [-0.4, -0.2) is 36.9 Å². The van der Waals surface area contributed by atoms with Gasteiger partial charge in [0, 0.05) is 6.54 Å². The number of amides is 1. The van der Waals surface area contributed by atoms with Crippen molar-refractivity contribution >= 4 is 21.7 Å². The van der Waals surface area contributed by atoms with Gasteiger partial charge in [-0.15, -0.1) is 0 Å². The fourth-order valence-corrected chi connectivity index (χ4v) is 1.13. The molecule has 0 atom stereocenters. The molecule has 0 saturated heterocycles. The fraction of sp³-hybridized carbons (Fsp3) is 0.400. The number of nitrogens with two attached hydrogens (primary N) is 2. The number of carbonyl (C=O) groups excluding carboxylic acids is 1. The minimum absolute atomic E-state index is 0.135. The van der Waals surface area contributed by atoms with Gasteiger partial charge in [-0.2, -0.15) is 0 Å². The number of rotatable bonds is 4. The highest BCUT2D eigenvalue weighted by atomic mass is 32.2. The maximum atomic E-state index is 11.2. The van der Waals surface area contributed by atoms with Crippen LogP contribution in [0.3, 0.4) is 0 Å². The number of carbonyl (C=O) groups is 1. The van der Waals surface area contributed by atoms with E-state index >= 15 is 0 Å². The highest BCUT2D eigenvalue weighted by Gasteiger charge is 2.15. The summed E-state index contributed by atoms with van der Waals surface area (Å²) in [6.45, 7) is -0.135. The molecule has 0 fully saturated rings. The van der Waals surface area contributed by atoms with Crippen molar-refractivity contribution in [2.24, 2.45) is 5.14 Å². The fourth-order valence-electron chi connectivity index (χ4n) is 0.744. The van der Waals surface area contributed by atoms with E-state index in [1.54, 1.807) is 0 Å². The maximum Gasteiger partial charge on any atom is 0.277 e. The normalized spacial score (nSPS) is 11.3. The SMILES string of the molecule is Nc1nonc1C(=O)NCCS(N)(=O)=O. The molecule has 10 heteroatoms. The van der Waals surface area contributed by atoms with E-state index in [0.29, 0.717) is 0 Å². The van der Waals surface area contributed by atoms with Gasteiger partial charge in [-0.25, -0.2) is 18.2 Å². The molecule has 0 bridgehead atoms. The van der Waals surface area contributed by atoms with Crippen LogP contribution in [0.5, 0.6) is 0 Å². The van der Waals surface area contributed by atoms with Crippen LogP contribution in [0.2, 0.25) is 0 Å². The van der Waals surface area contributed by atoms with Crippen molar-refractivity contribution in [2.45, 2.75) is 0 Å². The van der Waals surface area contributed by atoms with Crippen molar-refractivity contribution < 1.29 is 17.8 Å². The summed E-state index contributed by atoms with van der Waals surface area (Å²) in [4.78, 5) is 11.2. The van der Waals surface area contributed by atoms with E-state index < -0.39 is 15.9 Å². The van der Waals surface area contributed by atoms with Crippen LogP contribution in [-0.2, 0) is 10.0 Å². The van der Waals surface area contributed by atoms with E-state index in [9.17, 15) is 13.2 Å². The van der Waals surface area contributed by atoms with Crippen molar-refractivity contribution in [1.29, 1.82) is 0 Å². The summed E-state index contributed by atoms with van der Waals surface area (Å²) in [5.74, 6) is -1.20. The van der Waals surface area contributed by atoms with Crippen LogP contribution in [0, 0.1) is 0 Å². The Morgan fingerprint density at radius 2 is 2.13 bits per heavy atom. The van der Waals surface area contributed by atoms with Gasteiger partial charge < -0.3 is 11.1 Å². The van der Waals surface area contributed by atoms with Gasteiger partial charge in [-0.3, -0.25) is 4.79 Å². The van der Waals surface area contributed by atoms with Crippen LogP contribution < -0.4 is 16.2 Å². The molecule has 0 unspecified atom stereocenters. The Kier molecular flexibility index (Phi) is 3.21. The van der Waals surface area contributed by atoms with Crippen molar-refractivity contribution in [3.05, 3.63) is 5.69 Å². The lowest BCUT2D eigenvalue weighted by Crippen LogP contribution is -2.32. The summed E-state index contributed by atoms with van der Waals surface area (Å²) in [6.07, 6.45) is 0. The first-order chi connectivity index (χ1) is 6.90.